The minimum absolute atomic E-state index is 0.0332. The predicted octanol–water partition coefficient (Wildman–Crippen LogP) is 1.39. The molecule has 5 nitrogen and oxygen atoms in total. The second kappa shape index (κ2) is 7.19. The molecule has 1 aromatic rings. The number of aliphatic hydroxyl groups is 1. The van der Waals surface area contributed by atoms with Crippen LogP contribution in [0.2, 0.25) is 0 Å². The van der Waals surface area contributed by atoms with E-state index in [1.165, 1.54) is 11.3 Å². The normalized spacial score (nSPS) is 22.3. The fourth-order valence-corrected chi connectivity index (χ4v) is 5.93. The van der Waals surface area contributed by atoms with E-state index in [1.54, 1.807) is 16.4 Å². The highest BCUT2D eigenvalue weighted by Gasteiger charge is 2.33. The van der Waals surface area contributed by atoms with Crippen molar-refractivity contribution in [2.45, 2.75) is 36.4 Å². The molecule has 0 saturated carbocycles. The average Bonchev–Trinajstić information content (AvgIpc) is 2.82. The Morgan fingerprint density at radius 3 is 2.81 bits per heavy atom. The van der Waals surface area contributed by atoms with Gasteiger partial charge < -0.3 is 10.0 Å². The Kier molecular flexibility index (Phi) is 5.79. The van der Waals surface area contributed by atoms with Gasteiger partial charge in [-0.3, -0.25) is 0 Å². The molecule has 0 aliphatic carbocycles. The van der Waals surface area contributed by atoms with Crippen LogP contribution in [0.4, 0.5) is 0 Å². The molecule has 2 rings (SSSR count). The lowest BCUT2D eigenvalue weighted by Crippen LogP contribution is -2.43. The lowest BCUT2D eigenvalue weighted by molar-refractivity contribution is 0.270. The topological polar surface area (TPSA) is 60.9 Å². The summed E-state index contributed by atoms with van der Waals surface area (Å²) in [4.78, 5) is 3.12. The van der Waals surface area contributed by atoms with Crippen LogP contribution in [0.25, 0.3) is 0 Å². The van der Waals surface area contributed by atoms with Gasteiger partial charge in [0.2, 0.25) is 0 Å². The van der Waals surface area contributed by atoms with Crippen LogP contribution >= 0.6 is 11.3 Å². The quantitative estimate of drug-likeness (QED) is 0.885. The van der Waals surface area contributed by atoms with Crippen molar-refractivity contribution in [2.75, 3.05) is 33.3 Å². The third kappa shape index (κ3) is 3.84. The van der Waals surface area contributed by atoms with Crippen molar-refractivity contribution in [3.8, 4) is 0 Å². The van der Waals surface area contributed by atoms with Crippen LogP contribution in [0.3, 0.4) is 0 Å². The van der Waals surface area contributed by atoms with Crippen molar-refractivity contribution in [1.29, 1.82) is 0 Å². The summed E-state index contributed by atoms with van der Waals surface area (Å²) < 4.78 is 27.8. The summed E-state index contributed by atoms with van der Waals surface area (Å²) in [6.45, 7) is 4.38. The Balaban J connectivity index is 2.27. The number of hydrogen-bond acceptors (Lipinski definition) is 5. The smallest absolute Gasteiger partial charge is 0.252 e. The first-order valence-electron chi connectivity index (χ1n) is 7.39. The first-order chi connectivity index (χ1) is 9.98. The zero-order valence-electron chi connectivity index (χ0n) is 12.7. The largest absolute Gasteiger partial charge is 0.396 e. The van der Waals surface area contributed by atoms with E-state index >= 15 is 0 Å². The summed E-state index contributed by atoms with van der Waals surface area (Å²) in [5, 5.41) is 8.97. The van der Waals surface area contributed by atoms with Gasteiger partial charge in [0, 0.05) is 37.0 Å². The Bertz CT molecular complexity index is 556. The SMILES string of the molecule is CCC1CN(C)CCCN1S(=O)(=O)c1ccc(CCO)s1. The van der Waals surface area contributed by atoms with E-state index < -0.39 is 10.0 Å². The van der Waals surface area contributed by atoms with Crippen LogP contribution in [-0.2, 0) is 16.4 Å². The van der Waals surface area contributed by atoms with Gasteiger partial charge in [-0.1, -0.05) is 6.92 Å². The summed E-state index contributed by atoms with van der Waals surface area (Å²) >= 11 is 1.27. The third-order valence-corrected chi connectivity index (χ3v) is 7.44. The van der Waals surface area contributed by atoms with Crippen LogP contribution in [0.15, 0.2) is 16.3 Å². The Morgan fingerprint density at radius 1 is 1.38 bits per heavy atom. The highest BCUT2D eigenvalue weighted by Crippen LogP contribution is 2.28. The van der Waals surface area contributed by atoms with Crippen molar-refractivity contribution in [3.05, 3.63) is 17.0 Å². The van der Waals surface area contributed by atoms with Crippen molar-refractivity contribution >= 4 is 21.4 Å². The second-order valence-corrected chi connectivity index (χ2v) is 8.77. The fourth-order valence-electron chi connectivity index (χ4n) is 2.73. The molecule has 120 valence electrons. The van der Waals surface area contributed by atoms with Gasteiger partial charge in [-0.15, -0.1) is 11.3 Å². The maximum absolute atomic E-state index is 12.9. The van der Waals surface area contributed by atoms with Crippen LogP contribution in [0, 0.1) is 0 Å². The van der Waals surface area contributed by atoms with Gasteiger partial charge in [-0.05, 0) is 38.6 Å². The molecule has 0 aromatic carbocycles. The molecule has 1 unspecified atom stereocenters. The first-order valence-corrected chi connectivity index (χ1v) is 9.64. The Hall–Kier alpha value is -0.470. The molecule has 1 aliphatic rings. The standard InChI is InChI=1S/C14H24N2O3S2/c1-3-12-11-15(2)8-4-9-16(12)21(18,19)14-6-5-13(20-14)7-10-17/h5-6,12,17H,3-4,7-11H2,1-2H3. The highest BCUT2D eigenvalue weighted by molar-refractivity contribution is 7.91. The molecular formula is C14H24N2O3S2. The van der Waals surface area contributed by atoms with E-state index in [0.29, 0.717) is 17.2 Å². The lowest BCUT2D eigenvalue weighted by Gasteiger charge is -2.28. The third-order valence-electron chi connectivity index (χ3n) is 3.88. The second-order valence-electron chi connectivity index (χ2n) is 5.49. The Labute approximate surface area is 131 Å². The molecule has 0 radical (unpaired) electrons. The number of aliphatic hydroxyl groups excluding tert-OH is 1. The number of likely N-dealkylation sites (N-methyl/N-ethyl adjacent to an activating group) is 1. The summed E-state index contributed by atoms with van der Waals surface area (Å²) in [7, 11) is -1.38. The fraction of sp³-hybridized carbons (Fsp3) is 0.714. The molecule has 1 aromatic heterocycles. The van der Waals surface area contributed by atoms with Crippen LogP contribution < -0.4 is 0 Å². The summed E-state index contributed by atoms with van der Waals surface area (Å²) in [6.07, 6.45) is 2.19. The molecule has 1 N–H and O–H groups in total. The summed E-state index contributed by atoms with van der Waals surface area (Å²) in [5.41, 5.74) is 0. The summed E-state index contributed by atoms with van der Waals surface area (Å²) in [5.74, 6) is 0. The van der Waals surface area contributed by atoms with Crippen molar-refractivity contribution in [2.24, 2.45) is 0 Å². The van der Waals surface area contributed by atoms with Crippen molar-refractivity contribution < 1.29 is 13.5 Å². The molecule has 1 atom stereocenters. The van der Waals surface area contributed by atoms with Crippen LogP contribution in [-0.4, -0.2) is 62.1 Å². The molecule has 1 aliphatic heterocycles. The monoisotopic (exact) mass is 332 g/mol. The van der Waals surface area contributed by atoms with E-state index in [2.05, 4.69) is 4.90 Å². The maximum atomic E-state index is 12.9. The molecule has 0 amide bonds. The van der Waals surface area contributed by atoms with Gasteiger partial charge in [0.15, 0.2) is 0 Å². The minimum atomic E-state index is -3.42. The number of hydrogen-bond donors (Lipinski definition) is 1. The molecule has 7 heteroatoms. The minimum Gasteiger partial charge on any atom is -0.396 e. The highest BCUT2D eigenvalue weighted by atomic mass is 32.2. The van der Waals surface area contributed by atoms with E-state index in [-0.39, 0.29) is 12.6 Å². The van der Waals surface area contributed by atoms with E-state index in [4.69, 9.17) is 5.11 Å². The van der Waals surface area contributed by atoms with Crippen LogP contribution in [0.1, 0.15) is 24.6 Å². The molecule has 0 spiro atoms. The van der Waals surface area contributed by atoms with Gasteiger partial charge in [-0.25, -0.2) is 8.42 Å². The van der Waals surface area contributed by atoms with E-state index in [1.807, 2.05) is 14.0 Å². The van der Waals surface area contributed by atoms with E-state index in [9.17, 15) is 8.42 Å². The molecule has 21 heavy (non-hydrogen) atoms. The van der Waals surface area contributed by atoms with E-state index in [0.717, 1.165) is 30.8 Å². The number of nitrogens with zero attached hydrogens (tertiary/aromatic N) is 2. The lowest BCUT2D eigenvalue weighted by atomic mass is 10.2. The first kappa shape index (κ1) is 16.9. The van der Waals surface area contributed by atoms with Crippen LogP contribution in [0.5, 0.6) is 0 Å². The van der Waals surface area contributed by atoms with Crippen molar-refractivity contribution in [3.63, 3.8) is 0 Å². The molecule has 1 fully saturated rings. The zero-order chi connectivity index (χ0) is 15.5. The van der Waals surface area contributed by atoms with Gasteiger partial charge in [0.05, 0.1) is 0 Å². The van der Waals surface area contributed by atoms with Gasteiger partial charge in [-0.2, -0.15) is 4.31 Å². The number of rotatable bonds is 5. The molecule has 0 bridgehead atoms. The predicted molar refractivity (Wildman–Crippen MR) is 85.2 cm³/mol. The zero-order valence-corrected chi connectivity index (χ0v) is 14.3. The molecule has 2 heterocycles. The van der Waals surface area contributed by atoms with Gasteiger partial charge in [0.1, 0.15) is 4.21 Å². The number of sulfonamides is 1. The summed E-state index contributed by atoms with van der Waals surface area (Å²) in [6, 6.07) is 3.51. The van der Waals surface area contributed by atoms with Gasteiger partial charge >= 0.3 is 0 Å². The van der Waals surface area contributed by atoms with Gasteiger partial charge in [0.25, 0.3) is 10.0 Å². The Morgan fingerprint density at radius 2 is 2.14 bits per heavy atom. The van der Waals surface area contributed by atoms with Crippen molar-refractivity contribution in [1.82, 2.24) is 9.21 Å². The average molecular weight is 332 g/mol. The number of thiophene rings is 1. The molecule has 1 saturated heterocycles. The molecular weight excluding hydrogens is 308 g/mol. The maximum Gasteiger partial charge on any atom is 0.252 e.